The summed E-state index contributed by atoms with van der Waals surface area (Å²) in [5, 5.41) is 9.07. The van der Waals surface area contributed by atoms with Crippen LogP contribution in [-0.2, 0) is 9.53 Å². The summed E-state index contributed by atoms with van der Waals surface area (Å²) in [7, 11) is 0. The maximum Gasteiger partial charge on any atom is 0.308 e. The number of hydrogen-bond donors (Lipinski definition) is 1. The first-order chi connectivity index (χ1) is 5.59. The predicted octanol–water partition coefficient (Wildman–Crippen LogP) is 0.875. The minimum absolute atomic E-state index is 0.101. The second kappa shape index (κ2) is 3.72. The van der Waals surface area contributed by atoms with Gasteiger partial charge >= 0.3 is 5.97 Å². The molecule has 0 unspecified atom stereocenters. The number of aliphatic hydroxyl groups excluding tert-OH is 1. The first kappa shape index (κ1) is 9.26. The Morgan fingerprint density at radius 3 is 2.67 bits per heavy atom. The van der Waals surface area contributed by atoms with Gasteiger partial charge in [0, 0.05) is 6.42 Å². The van der Waals surface area contributed by atoms with Crippen LogP contribution in [0.4, 0.5) is 0 Å². The fraction of sp³-hybridized carbons (Fsp3) is 0.667. The molecule has 3 heteroatoms. The number of esters is 1. The minimum atomic E-state index is -0.449. The Morgan fingerprint density at radius 2 is 2.25 bits per heavy atom. The fourth-order valence-electron chi connectivity index (χ4n) is 1.02. The van der Waals surface area contributed by atoms with Crippen LogP contribution in [0, 0.1) is 5.92 Å². The van der Waals surface area contributed by atoms with Crippen LogP contribution in [-0.4, -0.2) is 23.3 Å². The molecule has 1 N–H and O–H groups in total. The van der Waals surface area contributed by atoms with Crippen molar-refractivity contribution < 1.29 is 14.6 Å². The molecule has 0 heterocycles. The number of carbonyl (C=O) groups is 1. The molecule has 0 radical (unpaired) electrons. The molecule has 0 amide bonds. The van der Waals surface area contributed by atoms with Crippen molar-refractivity contribution in [3.63, 3.8) is 0 Å². The summed E-state index contributed by atoms with van der Waals surface area (Å²) in [5.41, 5.74) is 0. The number of hydrogen-bond acceptors (Lipinski definition) is 3. The van der Waals surface area contributed by atoms with E-state index in [-0.39, 0.29) is 18.0 Å². The van der Waals surface area contributed by atoms with Gasteiger partial charge in [-0.2, -0.15) is 0 Å². The molecule has 0 aromatic carbocycles. The lowest BCUT2D eigenvalue weighted by molar-refractivity contribution is -0.151. The van der Waals surface area contributed by atoms with E-state index in [1.807, 2.05) is 0 Å². The molecule has 68 valence electrons. The van der Waals surface area contributed by atoms with E-state index in [1.54, 1.807) is 26.0 Å². The lowest BCUT2D eigenvalue weighted by atomic mass is 10.2. The quantitative estimate of drug-likeness (QED) is 0.494. The van der Waals surface area contributed by atoms with Crippen LogP contribution in [0.1, 0.15) is 20.3 Å². The Labute approximate surface area is 72.0 Å². The van der Waals surface area contributed by atoms with Gasteiger partial charge in [-0.15, -0.1) is 0 Å². The molecule has 0 spiro atoms. The largest absolute Gasteiger partial charge is 0.458 e. The maximum absolute atomic E-state index is 11.1. The van der Waals surface area contributed by atoms with E-state index < -0.39 is 6.10 Å². The topological polar surface area (TPSA) is 46.5 Å². The zero-order chi connectivity index (χ0) is 9.14. The van der Waals surface area contributed by atoms with E-state index in [0.29, 0.717) is 6.42 Å². The third-order valence-electron chi connectivity index (χ3n) is 1.76. The summed E-state index contributed by atoms with van der Waals surface area (Å²) < 4.78 is 5.06. The number of ether oxygens (including phenoxy) is 1. The molecule has 0 saturated carbocycles. The SMILES string of the molecule is CC(C)C(=O)O[C@H]1C=C[C@@H](O)C1. The molecule has 1 aliphatic rings. The molecule has 12 heavy (non-hydrogen) atoms. The van der Waals surface area contributed by atoms with Crippen LogP contribution in [0.2, 0.25) is 0 Å². The van der Waals surface area contributed by atoms with E-state index in [0.717, 1.165) is 0 Å². The summed E-state index contributed by atoms with van der Waals surface area (Å²) in [4.78, 5) is 11.1. The van der Waals surface area contributed by atoms with E-state index in [4.69, 9.17) is 9.84 Å². The molecule has 1 aliphatic carbocycles. The van der Waals surface area contributed by atoms with Crippen molar-refractivity contribution in [3.05, 3.63) is 12.2 Å². The first-order valence-corrected chi connectivity index (χ1v) is 4.16. The van der Waals surface area contributed by atoms with Crippen LogP contribution in [0.25, 0.3) is 0 Å². The maximum atomic E-state index is 11.1. The molecular formula is C9H14O3. The van der Waals surface area contributed by atoms with E-state index in [9.17, 15) is 4.79 Å². The lowest BCUT2D eigenvalue weighted by Crippen LogP contribution is -2.20. The second-order valence-corrected chi connectivity index (χ2v) is 3.32. The van der Waals surface area contributed by atoms with Gasteiger partial charge in [0.15, 0.2) is 0 Å². The van der Waals surface area contributed by atoms with Crippen molar-refractivity contribution >= 4 is 5.97 Å². The zero-order valence-corrected chi connectivity index (χ0v) is 7.36. The zero-order valence-electron chi connectivity index (χ0n) is 7.36. The summed E-state index contributed by atoms with van der Waals surface area (Å²) in [6.07, 6.45) is 3.20. The van der Waals surface area contributed by atoms with Gasteiger partial charge in [-0.3, -0.25) is 4.79 Å². The van der Waals surface area contributed by atoms with Crippen molar-refractivity contribution in [2.24, 2.45) is 5.92 Å². The smallest absolute Gasteiger partial charge is 0.308 e. The Hall–Kier alpha value is -0.830. The van der Waals surface area contributed by atoms with Gasteiger partial charge in [-0.25, -0.2) is 0 Å². The third kappa shape index (κ3) is 2.34. The van der Waals surface area contributed by atoms with Crippen LogP contribution in [0.3, 0.4) is 0 Å². The number of aliphatic hydroxyl groups is 1. The minimum Gasteiger partial charge on any atom is -0.458 e. The number of rotatable bonds is 2. The van der Waals surface area contributed by atoms with Gasteiger partial charge in [-0.05, 0) is 6.08 Å². The normalized spacial score (nSPS) is 28.0. The highest BCUT2D eigenvalue weighted by atomic mass is 16.5. The Bertz CT molecular complexity index is 196. The van der Waals surface area contributed by atoms with E-state index in [2.05, 4.69) is 0 Å². The van der Waals surface area contributed by atoms with Crippen molar-refractivity contribution in [1.82, 2.24) is 0 Å². The predicted molar refractivity (Wildman–Crippen MR) is 44.5 cm³/mol. The van der Waals surface area contributed by atoms with E-state index in [1.165, 1.54) is 0 Å². The lowest BCUT2D eigenvalue weighted by Gasteiger charge is -2.12. The van der Waals surface area contributed by atoms with E-state index >= 15 is 0 Å². The van der Waals surface area contributed by atoms with Crippen molar-refractivity contribution in [1.29, 1.82) is 0 Å². The molecule has 0 aliphatic heterocycles. The monoisotopic (exact) mass is 170 g/mol. The van der Waals surface area contributed by atoms with Gasteiger partial charge < -0.3 is 9.84 Å². The second-order valence-electron chi connectivity index (χ2n) is 3.32. The Balaban J connectivity index is 2.34. The van der Waals surface area contributed by atoms with Crippen molar-refractivity contribution in [3.8, 4) is 0 Å². The average Bonchev–Trinajstić information content (AvgIpc) is 2.35. The van der Waals surface area contributed by atoms with Crippen LogP contribution < -0.4 is 0 Å². The van der Waals surface area contributed by atoms with Gasteiger partial charge in [0.05, 0.1) is 12.0 Å². The molecule has 0 aromatic rings. The van der Waals surface area contributed by atoms with Gasteiger partial charge in [0.2, 0.25) is 0 Å². The third-order valence-corrected chi connectivity index (χ3v) is 1.76. The summed E-state index contributed by atoms with van der Waals surface area (Å²) in [6.45, 7) is 3.58. The summed E-state index contributed by atoms with van der Waals surface area (Å²) >= 11 is 0. The average molecular weight is 170 g/mol. The number of carbonyl (C=O) groups excluding carboxylic acids is 1. The van der Waals surface area contributed by atoms with Crippen LogP contribution in [0.15, 0.2) is 12.2 Å². The van der Waals surface area contributed by atoms with Crippen LogP contribution >= 0.6 is 0 Å². The molecule has 1 rings (SSSR count). The van der Waals surface area contributed by atoms with Gasteiger partial charge in [0.25, 0.3) is 0 Å². The highest BCUT2D eigenvalue weighted by Gasteiger charge is 2.21. The highest BCUT2D eigenvalue weighted by Crippen LogP contribution is 2.15. The molecule has 2 atom stereocenters. The molecule has 0 saturated heterocycles. The molecule has 0 aromatic heterocycles. The molecule has 3 nitrogen and oxygen atoms in total. The van der Waals surface area contributed by atoms with Gasteiger partial charge in [-0.1, -0.05) is 19.9 Å². The van der Waals surface area contributed by atoms with Crippen molar-refractivity contribution in [2.75, 3.05) is 0 Å². The molecule has 0 bridgehead atoms. The summed E-state index contributed by atoms with van der Waals surface area (Å²) in [5.74, 6) is -0.310. The molecule has 0 fully saturated rings. The Morgan fingerprint density at radius 1 is 1.58 bits per heavy atom. The van der Waals surface area contributed by atoms with Crippen LogP contribution in [0.5, 0.6) is 0 Å². The fourth-order valence-corrected chi connectivity index (χ4v) is 1.02. The first-order valence-electron chi connectivity index (χ1n) is 4.16. The van der Waals surface area contributed by atoms with Crippen molar-refractivity contribution in [2.45, 2.75) is 32.5 Å². The summed E-state index contributed by atoms with van der Waals surface area (Å²) in [6, 6.07) is 0. The highest BCUT2D eigenvalue weighted by molar-refractivity contribution is 5.71. The Kier molecular flexibility index (Phi) is 2.87. The molecular weight excluding hydrogens is 156 g/mol. The standard InChI is InChI=1S/C9H14O3/c1-6(2)9(11)12-8-4-3-7(10)5-8/h3-4,6-8,10H,5H2,1-2H3/t7-,8+/m1/s1. The van der Waals surface area contributed by atoms with Gasteiger partial charge in [0.1, 0.15) is 6.10 Å².